The van der Waals surface area contributed by atoms with Gasteiger partial charge in [-0.1, -0.05) is 48.2 Å². The zero-order chi connectivity index (χ0) is 18.6. The van der Waals surface area contributed by atoms with E-state index in [0.29, 0.717) is 0 Å². The summed E-state index contributed by atoms with van der Waals surface area (Å²) in [4.78, 5) is 16.4. The Morgan fingerprint density at radius 1 is 1.11 bits per heavy atom. The van der Waals surface area contributed by atoms with Gasteiger partial charge in [0.15, 0.2) is 10.8 Å². The third-order valence-electron chi connectivity index (χ3n) is 4.99. The molecule has 3 aromatic rings. The number of fused-ring (bicyclic) bond motifs is 1. The molecule has 1 saturated heterocycles. The van der Waals surface area contributed by atoms with Gasteiger partial charge in [0.2, 0.25) is 5.91 Å². The monoisotopic (exact) mass is 382 g/mol. The van der Waals surface area contributed by atoms with Crippen LogP contribution in [-0.4, -0.2) is 56.8 Å². The van der Waals surface area contributed by atoms with Crippen molar-refractivity contribution in [3.05, 3.63) is 60.3 Å². The first-order valence-corrected chi connectivity index (χ1v) is 10.2. The molecule has 1 fully saturated rings. The Morgan fingerprint density at radius 2 is 1.85 bits per heavy atom. The summed E-state index contributed by atoms with van der Waals surface area (Å²) in [5.41, 5.74) is 2.16. The first-order chi connectivity index (χ1) is 13.2. The van der Waals surface area contributed by atoms with Crippen molar-refractivity contribution in [2.45, 2.75) is 23.9 Å². The van der Waals surface area contributed by atoms with Crippen molar-refractivity contribution in [3.63, 3.8) is 0 Å². The average molecular weight is 383 g/mol. The van der Waals surface area contributed by atoms with Crippen molar-refractivity contribution in [3.8, 4) is 0 Å². The van der Waals surface area contributed by atoms with Crippen molar-refractivity contribution in [1.29, 1.82) is 0 Å². The number of amides is 1. The number of hydrogen-bond donors (Lipinski definition) is 1. The highest BCUT2D eigenvalue weighted by Crippen LogP contribution is 2.23. The first-order valence-electron chi connectivity index (χ1n) is 9.33. The Labute approximate surface area is 163 Å². The van der Waals surface area contributed by atoms with Gasteiger partial charge < -0.3 is 9.80 Å². The van der Waals surface area contributed by atoms with Crippen molar-refractivity contribution in [1.82, 2.24) is 19.5 Å². The van der Waals surface area contributed by atoms with Crippen LogP contribution in [0.3, 0.4) is 0 Å². The Hall–Kier alpha value is -2.38. The Balaban J connectivity index is 1.32. The van der Waals surface area contributed by atoms with E-state index in [2.05, 4.69) is 34.5 Å². The standard InChI is InChI=1S/C20H23N5OS/c1-16(27-20-22-21-18-9-5-6-10-25(18)20)19(26)24-13-11-23(12-14-24)15-17-7-3-2-4-8-17/h2-10,16H,11-15H2,1H3/p+1/t16-/m0/s1. The second-order valence-electron chi connectivity index (χ2n) is 6.91. The fourth-order valence-corrected chi connectivity index (χ4v) is 4.39. The van der Waals surface area contributed by atoms with Crippen LogP contribution in [0.2, 0.25) is 0 Å². The highest BCUT2D eigenvalue weighted by atomic mass is 32.2. The number of carbonyl (C=O) groups excluding carboxylic acids is 1. The number of nitrogens with zero attached hydrogens (tertiary/aromatic N) is 4. The van der Waals surface area contributed by atoms with Gasteiger partial charge in [0.1, 0.15) is 6.54 Å². The van der Waals surface area contributed by atoms with Crippen LogP contribution in [0.1, 0.15) is 12.5 Å². The van der Waals surface area contributed by atoms with Crippen molar-refractivity contribution < 1.29 is 9.69 Å². The van der Waals surface area contributed by atoms with E-state index < -0.39 is 0 Å². The number of rotatable bonds is 5. The van der Waals surface area contributed by atoms with Gasteiger partial charge in [-0.25, -0.2) is 0 Å². The third-order valence-corrected chi connectivity index (χ3v) is 6.04. The van der Waals surface area contributed by atoms with E-state index in [0.717, 1.165) is 43.5 Å². The summed E-state index contributed by atoms with van der Waals surface area (Å²) in [6.07, 6.45) is 1.93. The molecule has 0 saturated carbocycles. The van der Waals surface area contributed by atoms with Gasteiger partial charge in [-0.05, 0) is 19.1 Å². The Bertz CT molecular complexity index is 905. The fourth-order valence-electron chi connectivity index (χ4n) is 3.47. The summed E-state index contributed by atoms with van der Waals surface area (Å²) in [6, 6.07) is 16.4. The molecule has 140 valence electrons. The zero-order valence-corrected chi connectivity index (χ0v) is 16.2. The van der Waals surface area contributed by atoms with Crippen LogP contribution in [0.5, 0.6) is 0 Å². The van der Waals surface area contributed by atoms with E-state index in [1.807, 2.05) is 46.7 Å². The molecule has 1 N–H and O–H groups in total. The molecule has 7 heteroatoms. The summed E-state index contributed by atoms with van der Waals surface area (Å²) in [6.45, 7) is 6.59. The quantitative estimate of drug-likeness (QED) is 0.673. The number of nitrogens with one attached hydrogen (secondary N) is 1. The predicted octanol–water partition coefficient (Wildman–Crippen LogP) is 1.14. The van der Waals surface area contributed by atoms with Crippen LogP contribution >= 0.6 is 11.8 Å². The molecule has 2 aromatic heterocycles. The molecule has 4 rings (SSSR count). The molecule has 3 heterocycles. The lowest BCUT2D eigenvalue weighted by Gasteiger charge is -2.33. The SMILES string of the molecule is C[C@H](Sc1nnc2ccccn12)C(=O)N1CC[NH+](Cc2ccccc2)CC1. The Kier molecular flexibility index (Phi) is 5.40. The largest absolute Gasteiger partial charge is 0.330 e. The van der Waals surface area contributed by atoms with Gasteiger partial charge in [-0.3, -0.25) is 9.20 Å². The summed E-state index contributed by atoms with van der Waals surface area (Å²) in [5, 5.41) is 8.97. The summed E-state index contributed by atoms with van der Waals surface area (Å²) < 4.78 is 1.93. The van der Waals surface area contributed by atoms with Crippen LogP contribution in [0.15, 0.2) is 59.9 Å². The van der Waals surface area contributed by atoms with Crippen LogP contribution in [-0.2, 0) is 11.3 Å². The second kappa shape index (κ2) is 8.10. The third kappa shape index (κ3) is 4.14. The lowest BCUT2D eigenvalue weighted by atomic mass is 10.2. The molecule has 1 amide bonds. The maximum absolute atomic E-state index is 12.9. The fraction of sp³-hybridized carbons (Fsp3) is 0.350. The van der Waals surface area contributed by atoms with Crippen molar-refractivity contribution in [2.75, 3.05) is 26.2 Å². The molecule has 1 aromatic carbocycles. The van der Waals surface area contributed by atoms with Gasteiger partial charge in [0.25, 0.3) is 0 Å². The number of piperazine rings is 1. The second-order valence-corrected chi connectivity index (χ2v) is 8.22. The topological polar surface area (TPSA) is 54.9 Å². The number of hydrogen-bond acceptors (Lipinski definition) is 4. The predicted molar refractivity (Wildman–Crippen MR) is 106 cm³/mol. The maximum atomic E-state index is 12.9. The van der Waals surface area contributed by atoms with E-state index in [1.54, 1.807) is 0 Å². The molecule has 0 unspecified atom stereocenters. The van der Waals surface area contributed by atoms with Crippen LogP contribution in [0.4, 0.5) is 0 Å². The van der Waals surface area contributed by atoms with E-state index in [9.17, 15) is 4.79 Å². The smallest absolute Gasteiger partial charge is 0.236 e. The summed E-state index contributed by atoms with van der Waals surface area (Å²) in [7, 11) is 0. The normalized spacial score (nSPS) is 16.6. The number of pyridine rings is 1. The van der Waals surface area contributed by atoms with Gasteiger partial charge >= 0.3 is 0 Å². The van der Waals surface area contributed by atoms with E-state index in [-0.39, 0.29) is 11.2 Å². The van der Waals surface area contributed by atoms with Gasteiger partial charge in [-0.2, -0.15) is 0 Å². The molecule has 0 aliphatic carbocycles. The van der Waals surface area contributed by atoms with E-state index in [1.165, 1.54) is 22.2 Å². The van der Waals surface area contributed by atoms with Crippen LogP contribution in [0.25, 0.3) is 5.65 Å². The van der Waals surface area contributed by atoms with Crippen LogP contribution < -0.4 is 4.90 Å². The molecule has 27 heavy (non-hydrogen) atoms. The lowest BCUT2D eigenvalue weighted by Crippen LogP contribution is -3.13. The molecular formula is C20H24N5OS+. The highest BCUT2D eigenvalue weighted by molar-refractivity contribution is 8.00. The van der Waals surface area contributed by atoms with Gasteiger partial charge in [-0.15, -0.1) is 10.2 Å². The minimum atomic E-state index is -0.173. The molecule has 0 radical (unpaired) electrons. The van der Waals surface area contributed by atoms with Gasteiger partial charge in [0, 0.05) is 11.8 Å². The summed E-state index contributed by atoms with van der Waals surface area (Å²) in [5.74, 6) is 0.187. The number of aromatic nitrogens is 3. The minimum Gasteiger partial charge on any atom is -0.330 e. The average Bonchev–Trinajstić information content (AvgIpc) is 3.12. The highest BCUT2D eigenvalue weighted by Gasteiger charge is 2.28. The van der Waals surface area contributed by atoms with Crippen molar-refractivity contribution in [2.24, 2.45) is 0 Å². The number of quaternary nitrogens is 1. The van der Waals surface area contributed by atoms with Gasteiger partial charge in [0.05, 0.1) is 31.4 Å². The molecule has 6 nitrogen and oxygen atoms in total. The number of carbonyl (C=O) groups is 1. The van der Waals surface area contributed by atoms with E-state index in [4.69, 9.17) is 0 Å². The number of benzene rings is 1. The lowest BCUT2D eigenvalue weighted by molar-refractivity contribution is -0.917. The number of thioether (sulfide) groups is 1. The molecule has 0 bridgehead atoms. The molecule has 1 atom stereocenters. The summed E-state index contributed by atoms with van der Waals surface area (Å²) >= 11 is 1.48. The van der Waals surface area contributed by atoms with Crippen LogP contribution in [0, 0.1) is 0 Å². The minimum absolute atomic E-state index is 0.173. The van der Waals surface area contributed by atoms with E-state index >= 15 is 0 Å². The maximum Gasteiger partial charge on any atom is 0.236 e. The molecular weight excluding hydrogens is 358 g/mol. The molecule has 0 spiro atoms. The van der Waals surface area contributed by atoms with Crippen molar-refractivity contribution >= 4 is 23.3 Å². The first kappa shape index (κ1) is 18.0. The zero-order valence-electron chi connectivity index (χ0n) is 15.4. The molecule has 1 aliphatic rings. The Morgan fingerprint density at radius 3 is 2.63 bits per heavy atom. The molecule has 1 aliphatic heterocycles.